The summed E-state index contributed by atoms with van der Waals surface area (Å²) in [5.41, 5.74) is 10.9. The van der Waals surface area contributed by atoms with Gasteiger partial charge in [-0.15, -0.1) is 0 Å². The van der Waals surface area contributed by atoms with Crippen molar-refractivity contribution < 1.29 is 4.79 Å². The maximum atomic E-state index is 12.8. The average molecular weight is 558 g/mol. The van der Waals surface area contributed by atoms with E-state index in [2.05, 4.69) is 39.3 Å². The quantitative estimate of drug-likeness (QED) is 0.247. The van der Waals surface area contributed by atoms with Gasteiger partial charge in [-0.1, -0.05) is 34.3 Å². The molecule has 1 fully saturated rings. The van der Waals surface area contributed by atoms with Gasteiger partial charge in [0, 0.05) is 37.1 Å². The Balaban J connectivity index is 0.00000151. The summed E-state index contributed by atoms with van der Waals surface area (Å²) >= 11 is 0. The average Bonchev–Trinajstić information content (AvgIpc) is 2.94. The van der Waals surface area contributed by atoms with Gasteiger partial charge in [0.05, 0.1) is 16.8 Å². The molecule has 1 amide bonds. The summed E-state index contributed by atoms with van der Waals surface area (Å²) in [6.45, 7) is 11.6. The Hall–Kier alpha value is -4.27. The van der Waals surface area contributed by atoms with E-state index >= 15 is 0 Å². The van der Waals surface area contributed by atoms with Crippen LogP contribution in [0.25, 0.3) is 22.2 Å². The second-order valence-electron chi connectivity index (χ2n) is 9.98. The Morgan fingerprint density at radius 2 is 1.76 bits per heavy atom. The highest BCUT2D eigenvalue weighted by Gasteiger charge is 2.24. The molecule has 9 nitrogen and oxygen atoms in total. The van der Waals surface area contributed by atoms with E-state index in [0.29, 0.717) is 34.9 Å². The highest BCUT2D eigenvalue weighted by atomic mass is 16.2. The number of rotatable bonds is 6. The Bertz CT molecular complexity index is 1540. The summed E-state index contributed by atoms with van der Waals surface area (Å²) in [6, 6.07) is 11.8. The number of nitrogens with zero attached hydrogens (tertiary/aromatic N) is 4. The summed E-state index contributed by atoms with van der Waals surface area (Å²) in [5, 5.41) is 4.59. The molecule has 41 heavy (non-hydrogen) atoms. The predicted molar refractivity (Wildman–Crippen MR) is 169 cm³/mol. The molecule has 0 atom stereocenters. The lowest BCUT2D eigenvalue weighted by atomic mass is 9.86. The number of aryl methyl sites for hydroxylation is 2. The lowest BCUT2D eigenvalue weighted by Crippen LogP contribution is -2.37. The van der Waals surface area contributed by atoms with Crippen LogP contribution in [0.3, 0.4) is 0 Å². The summed E-state index contributed by atoms with van der Waals surface area (Å²) < 4.78 is 0. The topological polar surface area (TPSA) is 130 Å². The third-order valence-electron chi connectivity index (χ3n) is 7.17. The monoisotopic (exact) mass is 557 g/mol. The van der Waals surface area contributed by atoms with Gasteiger partial charge in [-0.25, -0.2) is 15.0 Å². The number of aromatic nitrogens is 4. The molecule has 1 aromatic carbocycles. The molecular formula is C32H43N7O2. The van der Waals surface area contributed by atoms with Gasteiger partial charge in [0.15, 0.2) is 0 Å². The van der Waals surface area contributed by atoms with Crippen LogP contribution in [0.1, 0.15) is 76.6 Å². The van der Waals surface area contributed by atoms with Crippen molar-refractivity contribution in [3.8, 4) is 11.4 Å². The number of carbonyl (C=O) groups excluding carboxylic acids is 1. The van der Waals surface area contributed by atoms with Gasteiger partial charge in [0.1, 0.15) is 5.82 Å². The molecule has 5 rings (SSSR count). The second-order valence-corrected chi connectivity index (χ2v) is 9.98. The summed E-state index contributed by atoms with van der Waals surface area (Å²) in [4.78, 5) is 43.1. The number of aromatic amines is 1. The van der Waals surface area contributed by atoms with Crippen LogP contribution in [0.2, 0.25) is 0 Å². The number of hydrogen-bond acceptors (Lipinski definition) is 7. The predicted octanol–water partition coefficient (Wildman–Crippen LogP) is 6.49. The smallest absolute Gasteiger partial charge is 0.259 e. The van der Waals surface area contributed by atoms with E-state index in [9.17, 15) is 9.59 Å². The van der Waals surface area contributed by atoms with Crippen molar-refractivity contribution in [2.45, 2.75) is 73.6 Å². The van der Waals surface area contributed by atoms with Crippen molar-refractivity contribution in [1.29, 1.82) is 0 Å². The van der Waals surface area contributed by atoms with E-state index in [1.165, 1.54) is 11.1 Å². The number of fused-ring (bicyclic) bond motifs is 1. The third-order valence-corrected chi connectivity index (χ3v) is 7.17. The van der Waals surface area contributed by atoms with Gasteiger partial charge in [-0.05, 0) is 85.9 Å². The molecule has 9 heteroatoms. The standard InChI is InChI=1S/C29H33N7O2.C2H6.CH4/c1-4-5-25(37)36-12-9-19(10-13-36)22-7-6-21(14-17(22)2)33-27-26-20(8-11-31-28(26)38)16-24(34-27)23-15-18(3)32-29(30)35-23;1-2;/h6-8,11,14-16,19H,4-5,9-10,12-13H2,1-3H3,(H,31,38)(H,33,34)(H2,30,32,35);1-2H3;1H4. The number of nitrogen functional groups attached to an aromatic ring is 1. The van der Waals surface area contributed by atoms with Crippen molar-refractivity contribution >= 4 is 34.1 Å². The van der Waals surface area contributed by atoms with Crippen LogP contribution in [-0.2, 0) is 4.79 Å². The molecule has 4 aromatic rings. The van der Waals surface area contributed by atoms with E-state index < -0.39 is 0 Å². The maximum Gasteiger partial charge on any atom is 0.259 e. The first-order chi connectivity index (χ1) is 19.3. The van der Waals surface area contributed by atoms with Crippen molar-refractivity contribution in [1.82, 2.24) is 24.8 Å². The molecule has 0 unspecified atom stereocenters. The number of piperidine rings is 1. The SMILES string of the molecule is C.CC.CCCC(=O)N1CCC(c2ccc(Nc3nc(-c4cc(C)nc(N)n4)cc4cc[nH]c(=O)c34)cc2C)CC1. The van der Waals surface area contributed by atoms with Crippen molar-refractivity contribution in [3.05, 3.63) is 69.8 Å². The highest BCUT2D eigenvalue weighted by Crippen LogP contribution is 2.33. The van der Waals surface area contributed by atoms with Crippen molar-refractivity contribution in [2.75, 3.05) is 24.1 Å². The van der Waals surface area contributed by atoms with E-state index in [-0.39, 0.29) is 24.8 Å². The number of pyridine rings is 2. The zero-order chi connectivity index (χ0) is 28.8. The zero-order valence-corrected chi connectivity index (χ0v) is 24.0. The number of likely N-dealkylation sites (tertiary alicyclic amines) is 1. The third kappa shape index (κ3) is 7.09. The zero-order valence-electron chi connectivity index (χ0n) is 24.0. The number of nitrogens with two attached hydrogens (primary N) is 1. The number of hydrogen-bond donors (Lipinski definition) is 3. The molecule has 0 bridgehead atoms. The van der Waals surface area contributed by atoms with Crippen LogP contribution in [0.5, 0.6) is 0 Å². The van der Waals surface area contributed by atoms with Crippen LogP contribution in [0, 0.1) is 13.8 Å². The molecule has 0 spiro atoms. The fraction of sp³-hybridized carbons (Fsp3) is 0.406. The van der Waals surface area contributed by atoms with Crippen LogP contribution in [0.4, 0.5) is 17.5 Å². The lowest BCUT2D eigenvalue weighted by molar-refractivity contribution is -0.132. The van der Waals surface area contributed by atoms with Crippen molar-refractivity contribution in [3.63, 3.8) is 0 Å². The van der Waals surface area contributed by atoms with Crippen LogP contribution >= 0.6 is 0 Å². The van der Waals surface area contributed by atoms with Crippen LogP contribution in [-0.4, -0.2) is 43.8 Å². The molecule has 218 valence electrons. The van der Waals surface area contributed by atoms with Crippen LogP contribution in [0.15, 0.2) is 47.4 Å². The first-order valence-electron chi connectivity index (χ1n) is 14.1. The molecule has 3 aromatic heterocycles. The number of amides is 1. The first-order valence-corrected chi connectivity index (χ1v) is 14.1. The molecule has 1 saturated heterocycles. The Morgan fingerprint density at radius 3 is 2.41 bits per heavy atom. The van der Waals surface area contributed by atoms with Gasteiger partial charge in [-0.3, -0.25) is 9.59 Å². The minimum Gasteiger partial charge on any atom is -0.368 e. The molecule has 4 N–H and O–H groups in total. The number of H-pyrrole nitrogens is 1. The normalized spacial score (nSPS) is 13.2. The molecule has 1 aliphatic rings. The van der Waals surface area contributed by atoms with Gasteiger partial charge >= 0.3 is 0 Å². The molecule has 0 saturated carbocycles. The molecule has 0 radical (unpaired) electrons. The first kappa shape index (κ1) is 31.3. The number of benzene rings is 1. The molecular weight excluding hydrogens is 514 g/mol. The van der Waals surface area contributed by atoms with Crippen LogP contribution < -0.4 is 16.6 Å². The van der Waals surface area contributed by atoms with E-state index in [1.807, 2.05) is 56.9 Å². The highest BCUT2D eigenvalue weighted by molar-refractivity contribution is 5.95. The van der Waals surface area contributed by atoms with Gasteiger partial charge in [-0.2, -0.15) is 0 Å². The fourth-order valence-electron chi connectivity index (χ4n) is 5.32. The molecule has 0 aliphatic carbocycles. The minimum atomic E-state index is -0.222. The van der Waals surface area contributed by atoms with Crippen molar-refractivity contribution in [2.24, 2.45) is 0 Å². The summed E-state index contributed by atoms with van der Waals surface area (Å²) in [7, 11) is 0. The van der Waals surface area contributed by atoms with Gasteiger partial charge in [0.2, 0.25) is 11.9 Å². The number of anilines is 3. The van der Waals surface area contributed by atoms with E-state index in [1.54, 1.807) is 6.20 Å². The Kier molecular flexibility index (Phi) is 10.6. The largest absolute Gasteiger partial charge is 0.368 e. The summed E-state index contributed by atoms with van der Waals surface area (Å²) in [6.07, 6.45) is 5.07. The Morgan fingerprint density at radius 1 is 1.05 bits per heavy atom. The Labute approximate surface area is 242 Å². The number of carbonyl (C=O) groups is 1. The fourth-order valence-corrected chi connectivity index (χ4v) is 5.32. The molecule has 1 aliphatic heterocycles. The summed E-state index contributed by atoms with van der Waals surface area (Å²) in [5.74, 6) is 1.31. The van der Waals surface area contributed by atoms with Gasteiger partial charge in [0.25, 0.3) is 5.56 Å². The van der Waals surface area contributed by atoms with Gasteiger partial charge < -0.3 is 20.9 Å². The van der Waals surface area contributed by atoms with E-state index in [4.69, 9.17) is 10.7 Å². The number of nitrogens with one attached hydrogen (secondary N) is 2. The second kappa shape index (κ2) is 13.9. The maximum absolute atomic E-state index is 12.8. The molecule has 4 heterocycles. The van der Waals surface area contributed by atoms with E-state index in [0.717, 1.165) is 49.1 Å². The lowest BCUT2D eigenvalue weighted by Gasteiger charge is -2.33. The minimum absolute atomic E-state index is 0.